The maximum Gasteiger partial charge on any atom is 0.242 e. The zero-order valence-corrected chi connectivity index (χ0v) is 21.2. The molecule has 0 aliphatic rings. The Morgan fingerprint density at radius 2 is 1.58 bits per heavy atom. The minimum Gasteiger partial charge on any atom is -0.464 e. The second-order valence-electron chi connectivity index (χ2n) is 10.3. The quantitative estimate of drug-likeness (QED) is 0.276. The Morgan fingerprint density at radius 1 is 0.968 bits per heavy atom. The summed E-state index contributed by atoms with van der Waals surface area (Å²) in [5.74, 6) is 3.02. The molecule has 0 radical (unpaired) electrons. The summed E-state index contributed by atoms with van der Waals surface area (Å²) < 4.78 is 5.89. The SMILES string of the molecule is CCC(C)CC(CC(C)C)c1ccc(OC(C)ONC(C)(C)C(=O)NCC(C)C)cc1. The Labute approximate surface area is 190 Å². The molecule has 31 heavy (non-hydrogen) atoms. The fourth-order valence-corrected chi connectivity index (χ4v) is 3.42. The molecule has 2 N–H and O–H groups in total. The highest BCUT2D eigenvalue weighted by Crippen LogP contribution is 2.32. The predicted molar refractivity (Wildman–Crippen MR) is 129 cm³/mol. The first-order valence-electron chi connectivity index (χ1n) is 11.9. The third kappa shape index (κ3) is 10.5. The van der Waals surface area contributed by atoms with Crippen LogP contribution >= 0.6 is 0 Å². The van der Waals surface area contributed by atoms with Crippen LogP contribution in [0.1, 0.15) is 93.1 Å². The van der Waals surface area contributed by atoms with Gasteiger partial charge >= 0.3 is 0 Å². The first kappa shape index (κ1) is 27.4. The van der Waals surface area contributed by atoms with Gasteiger partial charge in [0, 0.05) is 6.54 Å². The number of ether oxygens (including phenoxy) is 1. The van der Waals surface area contributed by atoms with E-state index in [1.54, 1.807) is 13.8 Å². The Hall–Kier alpha value is -1.59. The second kappa shape index (κ2) is 13.1. The summed E-state index contributed by atoms with van der Waals surface area (Å²) in [6.45, 7) is 19.3. The molecule has 0 aromatic heterocycles. The van der Waals surface area contributed by atoms with Gasteiger partial charge in [-0.15, -0.1) is 0 Å². The highest BCUT2D eigenvalue weighted by Gasteiger charge is 2.28. The van der Waals surface area contributed by atoms with Crippen LogP contribution in [0.15, 0.2) is 24.3 Å². The first-order chi connectivity index (χ1) is 14.4. The van der Waals surface area contributed by atoms with Crippen LogP contribution < -0.4 is 15.5 Å². The zero-order valence-electron chi connectivity index (χ0n) is 21.2. The van der Waals surface area contributed by atoms with Gasteiger partial charge in [-0.05, 0) is 75.0 Å². The molecule has 5 nitrogen and oxygen atoms in total. The highest BCUT2D eigenvalue weighted by atomic mass is 16.8. The maximum absolute atomic E-state index is 12.3. The van der Waals surface area contributed by atoms with E-state index in [9.17, 15) is 4.79 Å². The van der Waals surface area contributed by atoms with Gasteiger partial charge in [-0.3, -0.25) is 9.63 Å². The van der Waals surface area contributed by atoms with Crippen molar-refractivity contribution in [2.24, 2.45) is 17.8 Å². The number of carbonyl (C=O) groups is 1. The van der Waals surface area contributed by atoms with E-state index in [-0.39, 0.29) is 5.91 Å². The molecule has 1 rings (SSSR count). The van der Waals surface area contributed by atoms with Crippen molar-refractivity contribution in [3.63, 3.8) is 0 Å². The molecule has 0 aliphatic carbocycles. The van der Waals surface area contributed by atoms with Crippen molar-refractivity contribution >= 4 is 5.91 Å². The molecule has 3 atom stereocenters. The van der Waals surface area contributed by atoms with E-state index >= 15 is 0 Å². The lowest BCUT2D eigenvalue weighted by Crippen LogP contribution is -2.54. The van der Waals surface area contributed by atoms with Crippen molar-refractivity contribution in [1.82, 2.24) is 10.8 Å². The lowest BCUT2D eigenvalue weighted by Gasteiger charge is -2.27. The summed E-state index contributed by atoms with van der Waals surface area (Å²) in [5, 5.41) is 2.92. The molecule has 1 aromatic carbocycles. The number of hydrogen-bond acceptors (Lipinski definition) is 4. The second-order valence-corrected chi connectivity index (χ2v) is 10.3. The van der Waals surface area contributed by atoms with E-state index in [1.807, 2.05) is 19.1 Å². The van der Waals surface area contributed by atoms with Gasteiger partial charge in [-0.2, -0.15) is 5.48 Å². The van der Waals surface area contributed by atoms with E-state index in [0.29, 0.717) is 24.3 Å². The van der Waals surface area contributed by atoms with Crippen molar-refractivity contribution in [2.75, 3.05) is 6.54 Å². The molecule has 1 amide bonds. The van der Waals surface area contributed by atoms with E-state index < -0.39 is 11.8 Å². The molecule has 0 saturated carbocycles. The predicted octanol–water partition coefficient (Wildman–Crippen LogP) is 6.05. The molecular weight excluding hydrogens is 388 g/mol. The molecule has 0 aliphatic heterocycles. The fourth-order valence-electron chi connectivity index (χ4n) is 3.42. The van der Waals surface area contributed by atoms with Gasteiger partial charge in [0.1, 0.15) is 11.3 Å². The van der Waals surface area contributed by atoms with Gasteiger partial charge in [-0.1, -0.05) is 60.1 Å². The van der Waals surface area contributed by atoms with E-state index in [1.165, 1.54) is 24.8 Å². The maximum atomic E-state index is 12.3. The largest absolute Gasteiger partial charge is 0.464 e. The topological polar surface area (TPSA) is 59.6 Å². The number of rotatable bonds is 14. The molecule has 3 unspecified atom stereocenters. The summed E-state index contributed by atoms with van der Waals surface area (Å²) in [5.41, 5.74) is 3.37. The van der Waals surface area contributed by atoms with Crippen LogP contribution in [-0.2, 0) is 9.63 Å². The van der Waals surface area contributed by atoms with Crippen LogP contribution in [0.25, 0.3) is 0 Å². The van der Waals surface area contributed by atoms with Crippen LogP contribution in [0, 0.1) is 17.8 Å². The summed E-state index contributed by atoms with van der Waals surface area (Å²) in [6, 6.07) is 8.38. The summed E-state index contributed by atoms with van der Waals surface area (Å²) in [6.07, 6.45) is 3.09. The molecule has 178 valence electrons. The van der Waals surface area contributed by atoms with Crippen LogP contribution in [0.5, 0.6) is 5.75 Å². The monoisotopic (exact) mass is 434 g/mol. The number of benzene rings is 1. The van der Waals surface area contributed by atoms with E-state index in [0.717, 1.165) is 11.7 Å². The van der Waals surface area contributed by atoms with Gasteiger partial charge < -0.3 is 10.1 Å². The Bertz CT molecular complexity index is 641. The van der Waals surface area contributed by atoms with Crippen LogP contribution in [0.2, 0.25) is 0 Å². The van der Waals surface area contributed by atoms with Crippen molar-refractivity contribution < 1.29 is 14.4 Å². The molecule has 0 saturated heterocycles. The van der Waals surface area contributed by atoms with Crippen molar-refractivity contribution in [1.29, 1.82) is 0 Å². The highest BCUT2D eigenvalue weighted by molar-refractivity contribution is 5.85. The van der Waals surface area contributed by atoms with Crippen LogP contribution in [0.3, 0.4) is 0 Å². The Kier molecular flexibility index (Phi) is 11.6. The summed E-state index contributed by atoms with van der Waals surface area (Å²) >= 11 is 0. The third-order valence-corrected chi connectivity index (χ3v) is 5.51. The fraction of sp³-hybridized carbons (Fsp3) is 0.731. The smallest absolute Gasteiger partial charge is 0.242 e. The summed E-state index contributed by atoms with van der Waals surface area (Å²) in [4.78, 5) is 17.9. The number of amides is 1. The lowest BCUT2D eigenvalue weighted by atomic mass is 9.83. The van der Waals surface area contributed by atoms with Gasteiger partial charge in [0.25, 0.3) is 0 Å². The lowest BCUT2D eigenvalue weighted by molar-refractivity contribution is -0.157. The van der Waals surface area contributed by atoms with Crippen LogP contribution in [0.4, 0.5) is 0 Å². The van der Waals surface area contributed by atoms with Gasteiger partial charge in [0.05, 0.1) is 0 Å². The van der Waals surface area contributed by atoms with Crippen molar-refractivity contribution in [2.45, 2.75) is 99.3 Å². The van der Waals surface area contributed by atoms with E-state index in [2.05, 4.69) is 64.5 Å². The Morgan fingerprint density at radius 3 is 2.10 bits per heavy atom. The molecule has 0 bridgehead atoms. The average Bonchev–Trinajstić information content (AvgIpc) is 2.70. The number of hydroxylamine groups is 1. The van der Waals surface area contributed by atoms with Crippen molar-refractivity contribution in [3.8, 4) is 5.75 Å². The number of nitrogens with one attached hydrogen (secondary N) is 2. The first-order valence-corrected chi connectivity index (χ1v) is 11.9. The molecule has 1 aromatic rings. The minimum absolute atomic E-state index is 0.102. The molecule has 5 heteroatoms. The number of carbonyl (C=O) groups excluding carboxylic acids is 1. The molecular formula is C26H46N2O3. The minimum atomic E-state index is -0.851. The third-order valence-electron chi connectivity index (χ3n) is 5.51. The molecule has 0 spiro atoms. The Balaban J connectivity index is 2.63. The van der Waals surface area contributed by atoms with Gasteiger partial charge in [0.15, 0.2) is 0 Å². The van der Waals surface area contributed by atoms with Crippen LogP contribution in [-0.4, -0.2) is 24.3 Å². The average molecular weight is 435 g/mol. The normalized spacial score (nSPS) is 15.1. The van der Waals surface area contributed by atoms with Gasteiger partial charge in [0.2, 0.25) is 12.2 Å². The van der Waals surface area contributed by atoms with Crippen molar-refractivity contribution in [3.05, 3.63) is 29.8 Å². The van der Waals surface area contributed by atoms with E-state index in [4.69, 9.17) is 9.57 Å². The standard InChI is InChI=1S/C26H46N2O3/c1-10-20(6)16-23(15-18(2)3)22-11-13-24(14-12-22)30-21(7)31-28-26(8,9)25(29)27-17-19(4)5/h11-14,18-21,23,28H,10,15-17H2,1-9H3,(H,27,29). The van der Waals surface area contributed by atoms with Gasteiger partial charge in [-0.25, -0.2) is 0 Å². The number of hydrogen-bond donors (Lipinski definition) is 2. The zero-order chi connectivity index (χ0) is 23.6. The molecule has 0 fully saturated rings. The molecule has 0 heterocycles. The summed E-state index contributed by atoms with van der Waals surface area (Å²) in [7, 11) is 0.